The summed E-state index contributed by atoms with van der Waals surface area (Å²) in [4.78, 5) is 16.6. The molecule has 3 nitrogen and oxygen atoms in total. The zero-order valence-corrected chi connectivity index (χ0v) is 12.4. The van der Waals surface area contributed by atoms with Crippen molar-refractivity contribution in [2.75, 3.05) is 32.7 Å². The van der Waals surface area contributed by atoms with E-state index in [-0.39, 0.29) is 11.2 Å². The van der Waals surface area contributed by atoms with Gasteiger partial charge in [0.1, 0.15) is 0 Å². The van der Waals surface area contributed by atoms with Crippen LogP contribution in [0.4, 0.5) is 0 Å². The van der Waals surface area contributed by atoms with Gasteiger partial charge in [-0.2, -0.15) is 12.6 Å². The van der Waals surface area contributed by atoms with E-state index in [1.165, 1.54) is 5.56 Å². The number of nitrogens with zero attached hydrogens (tertiary/aromatic N) is 2. The fraction of sp³-hybridized carbons (Fsp3) is 0.533. The molecule has 0 saturated carbocycles. The number of benzene rings is 1. The van der Waals surface area contributed by atoms with Gasteiger partial charge in [-0.1, -0.05) is 37.3 Å². The maximum absolute atomic E-state index is 12.3. The van der Waals surface area contributed by atoms with Crippen molar-refractivity contribution in [3.63, 3.8) is 0 Å². The van der Waals surface area contributed by atoms with E-state index in [9.17, 15) is 4.79 Å². The van der Waals surface area contributed by atoms with Crippen LogP contribution >= 0.6 is 12.6 Å². The maximum atomic E-state index is 12.3. The van der Waals surface area contributed by atoms with Crippen molar-refractivity contribution >= 4 is 18.5 Å². The molecule has 104 valence electrons. The highest BCUT2D eigenvalue weighted by molar-refractivity contribution is 7.81. The van der Waals surface area contributed by atoms with E-state index in [1.54, 1.807) is 0 Å². The number of thiol groups is 1. The Balaban J connectivity index is 1.86. The molecule has 1 heterocycles. The SMILES string of the molecule is CCN1CCN(C(=O)C(S)Cc2ccccc2)CC1. The van der Waals surface area contributed by atoms with Gasteiger partial charge >= 0.3 is 0 Å². The van der Waals surface area contributed by atoms with E-state index in [1.807, 2.05) is 35.2 Å². The first kappa shape index (κ1) is 14.4. The summed E-state index contributed by atoms with van der Waals surface area (Å²) < 4.78 is 0. The van der Waals surface area contributed by atoms with Crippen LogP contribution in [0.15, 0.2) is 30.3 Å². The van der Waals surface area contributed by atoms with Crippen LogP contribution in [0.25, 0.3) is 0 Å². The largest absolute Gasteiger partial charge is 0.339 e. The van der Waals surface area contributed by atoms with Crippen LogP contribution in [-0.2, 0) is 11.2 Å². The molecule has 1 aliphatic rings. The molecule has 1 aliphatic heterocycles. The number of carbonyl (C=O) groups is 1. The summed E-state index contributed by atoms with van der Waals surface area (Å²) in [7, 11) is 0. The fourth-order valence-corrected chi connectivity index (χ4v) is 2.79. The van der Waals surface area contributed by atoms with Gasteiger partial charge in [-0.25, -0.2) is 0 Å². The third-order valence-corrected chi connectivity index (χ3v) is 4.09. The minimum absolute atomic E-state index is 0.169. The van der Waals surface area contributed by atoms with E-state index < -0.39 is 0 Å². The number of piperazine rings is 1. The van der Waals surface area contributed by atoms with Crippen LogP contribution < -0.4 is 0 Å². The summed E-state index contributed by atoms with van der Waals surface area (Å²) in [5.41, 5.74) is 1.17. The molecule has 1 unspecified atom stereocenters. The summed E-state index contributed by atoms with van der Waals surface area (Å²) in [6.45, 7) is 6.85. The number of hydrogen-bond acceptors (Lipinski definition) is 3. The van der Waals surface area contributed by atoms with Crippen LogP contribution in [0.3, 0.4) is 0 Å². The first-order chi connectivity index (χ1) is 9.20. The van der Waals surface area contributed by atoms with Crippen molar-refractivity contribution < 1.29 is 4.79 Å². The van der Waals surface area contributed by atoms with Gasteiger partial charge in [0.15, 0.2) is 0 Å². The summed E-state index contributed by atoms with van der Waals surface area (Å²) in [6, 6.07) is 10.1. The molecule has 19 heavy (non-hydrogen) atoms. The number of hydrogen-bond donors (Lipinski definition) is 1. The average Bonchev–Trinajstić information content (AvgIpc) is 2.47. The van der Waals surface area contributed by atoms with Crippen LogP contribution in [0.2, 0.25) is 0 Å². The Morgan fingerprint density at radius 1 is 1.21 bits per heavy atom. The predicted molar refractivity (Wildman–Crippen MR) is 81.6 cm³/mol. The van der Waals surface area contributed by atoms with Crippen molar-refractivity contribution in [2.45, 2.75) is 18.6 Å². The Kier molecular flexibility index (Phi) is 5.28. The lowest BCUT2D eigenvalue weighted by Crippen LogP contribution is -2.50. The first-order valence-electron chi connectivity index (χ1n) is 6.94. The van der Waals surface area contributed by atoms with Crippen LogP contribution in [0.1, 0.15) is 12.5 Å². The molecule has 1 aromatic rings. The van der Waals surface area contributed by atoms with Gasteiger partial charge < -0.3 is 9.80 Å². The molecule has 0 aliphatic carbocycles. The van der Waals surface area contributed by atoms with E-state index in [0.29, 0.717) is 6.42 Å². The number of carbonyl (C=O) groups excluding carboxylic acids is 1. The highest BCUT2D eigenvalue weighted by Crippen LogP contribution is 2.12. The molecule has 0 radical (unpaired) electrons. The normalized spacial score (nSPS) is 18.3. The zero-order chi connectivity index (χ0) is 13.7. The molecule has 0 N–H and O–H groups in total. The highest BCUT2D eigenvalue weighted by atomic mass is 32.1. The van der Waals surface area contributed by atoms with E-state index in [4.69, 9.17) is 0 Å². The second kappa shape index (κ2) is 6.96. The third kappa shape index (κ3) is 3.98. The van der Waals surface area contributed by atoms with Crippen LogP contribution in [0.5, 0.6) is 0 Å². The zero-order valence-electron chi connectivity index (χ0n) is 11.5. The van der Waals surface area contributed by atoms with Crippen LogP contribution in [-0.4, -0.2) is 53.7 Å². The molecular weight excluding hydrogens is 256 g/mol. The lowest BCUT2D eigenvalue weighted by molar-refractivity contribution is -0.132. The smallest absolute Gasteiger partial charge is 0.235 e. The molecular formula is C15H22N2OS. The van der Waals surface area contributed by atoms with Crippen LogP contribution in [0, 0.1) is 0 Å². The van der Waals surface area contributed by atoms with Gasteiger partial charge in [-0.15, -0.1) is 0 Å². The van der Waals surface area contributed by atoms with Crippen molar-refractivity contribution in [1.82, 2.24) is 9.80 Å². The number of rotatable bonds is 4. The van der Waals surface area contributed by atoms with Gasteiger partial charge in [0.2, 0.25) is 5.91 Å². The topological polar surface area (TPSA) is 23.6 Å². The molecule has 0 spiro atoms. The Morgan fingerprint density at radius 3 is 2.42 bits per heavy atom. The molecule has 1 atom stereocenters. The van der Waals surface area contributed by atoms with Gasteiger partial charge in [-0.3, -0.25) is 4.79 Å². The lowest BCUT2D eigenvalue weighted by atomic mass is 10.1. The maximum Gasteiger partial charge on any atom is 0.235 e. The summed E-state index contributed by atoms with van der Waals surface area (Å²) in [5, 5.41) is -0.226. The van der Waals surface area contributed by atoms with Gasteiger partial charge in [0, 0.05) is 26.2 Å². The standard InChI is InChI=1S/C15H22N2OS/c1-2-16-8-10-17(11-9-16)15(18)14(19)12-13-6-4-3-5-7-13/h3-7,14,19H,2,8-12H2,1H3. The summed E-state index contributed by atoms with van der Waals surface area (Å²) >= 11 is 4.49. The molecule has 2 rings (SSSR count). The molecule has 1 amide bonds. The molecule has 0 bridgehead atoms. The van der Waals surface area contributed by atoms with Gasteiger partial charge in [0.25, 0.3) is 0 Å². The Bertz CT molecular complexity index is 402. The third-order valence-electron chi connectivity index (χ3n) is 3.69. The van der Waals surface area contributed by atoms with E-state index >= 15 is 0 Å². The van der Waals surface area contributed by atoms with Gasteiger partial charge in [-0.05, 0) is 18.5 Å². The molecule has 1 fully saturated rings. The highest BCUT2D eigenvalue weighted by Gasteiger charge is 2.24. The molecule has 4 heteroatoms. The predicted octanol–water partition coefficient (Wildman–Crippen LogP) is 1.69. The lowest BCUT2D eigenvalue weighted by Gasteiger charge is -2.35. The fourth-order valence-electron chi connectivity index (χ4n) is 2.42. The molecule has 1 aromatic carbocycles. The minimum Gasteiger partial charge on any atom is -0.339 e. The monoisotopic (exact) mass is 278 g/mol. The average molecular weight is 278 g/mol. The quantitative estimate of drug-likeness (QED) is 0.847. The summed E-state index contributed by atoms with van der Waals surface area (Å²) in [5.74, 6) is 0.169. The van der Waals surface area contributed by atoms with Crippen molar-refractivity contribution in [1.29, 1.82) is 0 Å². The first-order valence-corrected chi connectivity index (χ1v) is 7.45. The second-order valence-corrected chi connectivity index (χ2v) is 5.59. The number of amides is 1. The molecule has 1 saturated heterocycles. The minimum atomic E-state index is -0.226. The second-order valence-electron chi connectivity index (χ2n) is 4.97. The Labute approximate surface area is 121 Å². The van der Waals surface area contributed by atoms with E-state index in [2.05, 4.69) is 24.5 Å². The Hall–Kier alpha value is -1.00. The van der Waals surface area contributed by atoms with Gasteiger partial charge in [0.05, 0.1) is 5.25 Å². The van der Waals surface area contributed by atoms with Crippen molar-refractivity contribution in [3.05, 3.63) is 35.9 Å². The number of likely N-dealkylation sites (N-methyl/N-ethyl adjacent to an activating group) is 1. The molecule has 0 aromatic heterocycles. The van der Waals surface area contributed by atoms with E-state index in [0.717, 1.165) is 32.7 Å². The Morgan fingerprint density at radius 2 is 1.84 bits per heavy atom. The van der Waals surface area contributed by atoms with Crippen molar-refractivity contribution in [3.8, 4) is 0 Å². The summed E-state index contributed by atoms with van der Waals surface area (Å²) in [6.07, 6.45) is 0.705. The van der Waals surface area contributed by atoms with Crippen molar-refractivity contribution in [2.24, 2.45) is 0 Å².